The van der Waals surface area contributed by atoms with Crippen LogP contribution in [-0.4, -0.2) is 61.8 Å². The van der Waals surface area contributed by atoms with Crippen LogP contribution < -0.4 is 5.73 Å². The van der Waals surface area contributed by atoms with Gasteiger partial charge in [0.2, 0.25) is 0 Å². The fraction of sp³-hybridized carbons (Fsp3) is 0.812. The molecule has 0 aliphatic carbocycles. The van der Waals surface area contributed by atoms with E-state index in [4.69, 9.17) is 5.73 Å². The van der Waals surface area contributed by atoms with E-state index in [9.17, 15) is 9.90 Å². The van der Waals surface area contributed by atoms with Crippen molar-refractivity contribution in [2.24, 2.45) is 21.1 Å². The van der Waals surface area contributed by atoms with Gasteiger partial charge in [-0.25, -0.2) is 4.79 Å². The lowest BCUT2D eigenvalue weighted by atomic mass is 9.87. The maximum absolute atomic E-state index is 11.3. The van der Waals surface area contributed by atoms with E-state index in [1.54, 1.807) is 18.7 Å². The number of carboxylic acids is 1. The van der Waals surface area contributed by atoms with Crippen molar-refractivity contribution in [2.75, 3.05) is 23.0 Å². The second-order valence-corrected chi connectivity index (χ2v) is 10.5. The Balaban J connectivity index is 1.82. The minimum absolute atomic E-state index is 0.0733. The van der Waals surface area contributed by atoms with Crippen LogP contribution in [0.25, 0.3) is 0 Å². The number of hydrogen-bond acceptors (Lipinski definition) is 7. The smallest absolute Gasteiger partial charge is 0.332 e. The number of thioether (sulfide) groups is 3. The molecule has 2 aliphatic rings. The van der Waals surface area contributed by atoms with Crippen molar-refractivity contribution in [1.82, 2.24) is 0 Å². The Labute approximate surface area is 157 Å². The molecule has 0 aromatic rings. The van der Waals surface area contributed by atoms with Crippen molar-refractivity contribution in [3.8, 4) is 0 Å². The Hall–Kier alpha value is -0.180. The summed E-state index contributed by atoms with van der Waals surface area (Å²) < 4.78 is 0. The van der Waals surface area contributed by atoms with Crippen LogP contribution in [0.2, 0.25) is 0 Å². The molecule has 24 heavy (non-hydrogen) atoms. The van der Waals surface area contributed by atoms with Gasteiger partial charge in [-0.3, -0.25) is 9.98 Å². The Morgan fingerprint density at radius 3 is 2.79 bits per heavy atom. The summed E-state index contributed by atoms with van der Waals surface area (Å²) in [5.41, 5.74) is 5.15. The van der Waals surface area contributed by atoms with Gasteiger partial charge in [0.1, 0.15) is 0 Å². The molecule has 3 unspecified atom stereocenters. The van der Waals surface area contributed by atoms with Crippen molar-refractivity contribution >= 4 is 51.3 Å². The summed E-state index contributed by atoms with van der Waals surface area (Å²) in [4.78, 5) is 20.4. The van der Waals surface area contributed by atoms with E-state index in [2.05, 4.69) is 30.8 Å². The second-order valence-electron chi connectivity index (χ2n) is 7.28. The van der Waals surface area contributed by atoms with Crippen molar-refractivity contribution in [2.45, 2.75) is 51.7 Å². The van der Waals surface area contributed by atoms with Crippen LogP contribution in [0.3, 0.4) is 0 Å². The highest BCUT2D eigenvalue weighted by molar-refractivity contribution is 8.14. The monoisotopic (exact) mass is 389 g/mol. The van der Waals surface area contributed by atoms with Gasteiger partial charge in [0.15, 0.2) is 5.54 Å². The first-order valence-electron chi connectivity index (χ1n) is 8.09. The SMILES string of the molecule is CC1=NC(CSCC(N)CC(C)(C)C2=NC(C)(C(=O)O)CS2)CS1. The molecule has 0 saturated heterocycles. The summed E-state index contributed by atoms with van der Waals surface area (Å²) >= 11 is 5.25. The zero-order valence-corrected chi connectivity index (χ0v) is 17.2. The zero-order valence-electron chi connectivity index (χ0n) is 14.7. The minimum atomic E-state index is -0.994. The molecule has 0 aromatic carbocycles. The molecule has 0 saturated carbocycles. The van der Waals surface area contributed by atoms with Crippen molar-refractivity contribution in [3.05, 3.63) is 0 Å². The van der Waals surface area contributed by atoms with Gasteiger partial charge in [0, 0.05) is 34.5 Å². The molecular formula is C16H27N3O2S3. The molecule has 0 spiro atoms. The van der Waals surface area contributed by atoms with Gasteiger partial charge >= 0.3 is 5.97 Å². The van der Waals surface area contributed by atoms with Gasteiger partial charge in [-0.2, -0.15) is 11.8 Å². The Morgan fingerprint density at radius 1 is 1.54 bits per heavy atom. The number of nitrogens with two attached hydrogens (primary N) is 1. The summed E-state index contributed by atoms with van der Waals surface area (Å²) in [7, 11) is 0. The third-order valence-corrected chi connectivity index (χ3v) is 8.12. The van der Waals surface area contributed by atoms with E-state index in [1.165, 1.54) is 5.04 Å². The summed E-state index contributed by atoms with van der Waals surface area (Å²) in [6.07, 6.45) is 0.809. The van der Waals surface area contributed by atoms with Crippen LogP contribution in [0.1, 0.15) is 34.1 Å². The Kier molecular flexibility index (Phi) is 6.72. The van der Waals surface area contributed by atoms with E-state index in [1.807, 2.05) is 23.5 Å². The van der Waals surface area contributed by atoms with Gasteiger partial charge in [-0.05, 0) is 20.3 Å². The maximum atomic E-state index is 11.3. The standard InChI is InChI=1S/C16H27N3O2S3/c1-10-18-12(8-23-10)7-22-6-11(17)5-15(2,3)13-19-16(4,9-24-13)14(20)21/h11-12H,5-9,17H2,1-4H3,(H,20,21). The molecule has 0 fully saturated rings. The van der Waals surface area contributed by atoms with Crippen molar-refractivity contribution in [1.29, 1.82) is 0 Å². The molecule has 8 heteroatoms. The lowest BCUT2D eigenvalue weighted by Gasteiger charge is -2.27. The van der Waals surface area contributed by atoms with Crippen LogP contribution in [0, 0.1) is 5.41 Å². The Bertz CT molecular complexity index is 551. The lowest BCUT2D eigenvalue weighted by Crippen LogP contribution is -2.35. The summed E-state index contributed by atoms with van der Waals surface area (Å²) in [5, 5.41) is 11.4. The van der Waals surface area contributed by atoms with Crippen LogP contribution in [0.5, 0.6) is 0 Å². The highest BCUT2D eigenvalue weighted by Crippen LogP contribution is 2.39. The number of aliphatic carboxylic acids is 1. The molecule has 5 nitrogen and oxygen atoms in total. The number of rotatable bonds is 8. The van der Waals surface area contributed by atoms with Gasteiger partial charge in [0.05, 0.1) is 16.1 Å². The zero-order chi connectivity index (χ0) is 18.0. The van der Waals surface area contributed by atoms with E-state index in [0.29, 0.717) is 11.8 Å². The Morgan fingerprint density at radius 2 is 2.25 bits per heavy atom. The molecule has 3 N–H and O–H groups in total. The van der Waals surface area contributed by atoms with Crippen LogP contribution >= 0.6 is 35.3 Å². The predicted octanol–water partition coefficient (Wildman–Crippen LogP) is 2.99. The van der Waals surface area contributed by atoms with Crippen molar-refractivity contribution in [3.63, 3.8) is 0 Å². The van der Waals surface area contributed by atoms with Gasteiger partial charge in [-0.15, -0.1) is 23.5 Å². The average Bonchev–Trinajstić information content (AvgIpc) is 3.06. The lowest BCUT2D eigenvalue weighted by molar-refractivity contribution is -0.141. The topological polar surface area (TPSA) is 88.0 Å². The number of carbonyl (C=O) groups is 1. The summed E-state index contributed by atoms with van der Waals surface area (Å²) in [6.45, 7) is 7.97. The van der Waals surface area contributed by atoms with E-state index < -0.39 is 11.5 Å². The summed E-state index contributed by atoms with van der Waals surface area (Å²) in [6, 6.07) is 0.496. The normalized spacial score (nSPS) is 28.6. The molecule has 0 radical (unpaired) electrons. The molecule has 0 bridgehead atoms. The molecule has 2 rings (SSSR count). The quantitative estimate of drug-likeness (QED) is 0.663. The highest BCUT2D eigenvalue weighted by atomic mass is 32.2. The molecule has 0 aromatic heterocycles. The van der Waals surface area contributed by atoms with Gasteiger partial charge < -0.3 is 10.8 Å². The second kappa shape index (κ2) is 8.01. The number of carboxylic acid groups (broad SMARTS) is 1. The van der Waals surface area contributed by atoms with Gasteiger partial charge in [0.25, 0.3) is 0 Å². The van der Waals surface area contributed by atoms with Crippen molar-refractivity contribution < 1.29 is 9.90 Å². The van der Waals surface area contributed by atoms with E-state index in [0.717, 1.165) is 28.7 Å². The molecule has 0 amide bonds. The third-order valence-electron chi connectivity index (χ3n) is 4.14. The van der Waals surface area contributed by atoms with Crippen LogP contribution in [-0.2, 0) is 4.79 Å². The number of hydrogen-bond donors (Lipinski definition) is 2. The first-order chi connectivity index (χ1) is 11.1. The van der Waals surface area contributed by atoms with Gasteiger partial charge in [-0.1, -0.05) is 13.8 Å². The fourth-order valence-corrected chi connectivity index (χ4v) is 6.11. The molecular weight excluding hydrogens is 362 g/mol. The highest BCUT2D eigenvalue weighted by Gasteiger charge is 2.42. The minimum Gasteiger partial charge on any atom is -0.479 e. The van der Waals surface area contributed by atoms with Crippen LogP contribution in [0.4, 0.5) is 0 Å². The van der Waals surface area contributed by atoms with Crippen LogP contribution in [0.15, 0.2) is 9.98 Å². The molecule has 2 heterocycles. The first kappa shape index (κ1) is 20.1. The van der Waals surface area contributed by atoms with E-state index >= 15 is 0 Å². The number of aliphatic imine (C=N–C) groups is 2. The first-order valence-corrected chi connectivity index (χ1v) is 11.2. The molecule has 3 atom stereocenters. The van der Waals surface area contributed by atoms with E-state index in [-0.39, 0.29) is 11.5 Å². The average molecular weight is 390 g/mol. The third kappa shape index (κ3) is 5.16. The number of nitrogens with zero attached hydrogens (tertiary/aromatic N) is 2. The largest absolute Gasteiger partial charge is 0.479 e. The fourth-order valence-electron chi connectivity index (χ4n) is 2.74. The predicted molar refractivity (Wildman–Crippen MR) is 109 cm³/mol. The summed E-state index contributed by atoms with van der Waals surface area (Å²) in [5.74, 6) is 2.65. The maximum Gasteiger partial charge on any atom is 0.332 e. The molecule has 2 aliphatic heterocycles. The molecule has 136 valence electrons.